The summed E-state index contributed by atoms with van der Waals surface area (Å²) in [4.78, 5) is 9.97. The van der Waals surface area contributed by atoms with Crippen molar-refractivity contribution in [2.75, 3.05) is 0 Å². The molecule has 0 aliphatic carbocycles. The minimum atomic E-state index is 0.737. The Labute approximate surface area is 72.8 Å². The summed E-state index contributed by atoms with van der Waals surface area (Å²) in [6.45, 7) is 0. The monoisotopic (exact) mass is 214 g/mol. The van der Waals surface area contributed by atoms with Gasteiger partial charge in [-0.1, -0.05) is 0 Å². The molecule has 0 aliphatic heterocycles. The molecule has 0 fully saturated rings. The smallest absolute Gasteiger partial charge is 0.142 e. The van der Waals surface area contributed by atoms with E-state index < -0.39 is 0 Å². The topological polar surface area (TPSA) is 34.9 Å². The van der Waals surface area contributed by atoms with Crippen molar-refractivity contribution in [1.82, 2.24) is 9.78 Å². The van der Waals surface area contributed by atoms with Crippen LogP contribution < -0.4 is 0 Å². The van der Waals surface area contributed by atoms with Crippen LogP contribution in [0.1, 0.15) is 5.69 Å². The number of hydrogen-bond acceptors (Lipinski definition) is 2. The Balaban J connectivity index is 2.93. The highest BCUT2D eigenvalue weighted by Crippen LogP contribution is 2.10. The van der Waals surface area contributed by atoms with Gasteiger partial charge in [-0.3, -0.25) is 9.48 Å². The molecule has 0 aromatic carbocycles. The molecule has 0 saturated heterocycles. The maximum atomic E-state index is 9.97. The van der Waals surface area contributed by atoms with E-state index >= 15 is 0 Å². The van der Waals surface area contributed by atoms with Crippen LogP contribution in [0.15, 0.2) is 16.7 Å². The van der Waals surface area contributed by atoms with Crippen LogP contribution in [0, 0.1) is 0 Å². The van der Waals surface area contributed by atoms with Crippen molar-refractivity contribution in [3.05, 3.63) is 22.4 Å². The molecule has 11 heavy (non-hydrogen) atoms. The minimum Gasteiger partial charge on any atom is -0.299 e. The summed E-state index contributed by atoms with van der Waals surface area (Å²) in [7, 11) is 1.81. The van der Waals surface area contributed by atoms with Crippen LogP contribution in [-0.4, -0.2) is 16.1 Å². The first-order valence-corrected chi connectivity index (χ1v) is 3.84. The molecule has 0 spiro atoms. The maximum absolute atomic E-state index is 9.97. The average molecular weight is 215 g/mol. The van der Waals surface area contributed by atoms with Gasteiger partial charge in [0.25, 0.3) is 0 Å². The van der Waals surface area contributed by atoms with E-state index in [-0.39, 0.29) is 0 Å². The number of nitrogens with zero attached hydrogens (tertiary/aromatic N) is 2. The van der Waals surface area contributed by atoms with Crippen LogP contribution >= 0.6 is 15.9 Å². The van der Waals surface area contributed by atoms with E-state index in [1.165, 1.54) is 6.08 Å². The lowest BCUT2D eigenvalue weighted by Gasteiger charge is -1.90. The predicted octanol–water partition coefficient (Wildman–Crippen LogP) is 1.39. The van der Waals surface area contributed by atoms with Crippen LogP contribution in [0.5, 0.6) is 0 Å². The molecule has 0 aliphatic rings. The van der Waals surface area contributed by atoms with Gasteiger partial charge >= 0.3 is 0 Å². The number of allylic oxidation sites excluding steroid dienone is 1. The summed E-state index contributed by atoms with van der Waals surface area (Å²) < 4.78 is 2.45. The van der Waals surface area contributed by atoms with E-state index in [1.807, 2.05) is 13.1 Å². The van der Waals surface area contributed by atoms with Gasteiger partial charge in [0.2, 0.25) is 0 Å². The lowest BCUT2D eigenvalue weighted by molar-refractivity contribution is -0.104. The predicted molar refractivity (Wildman–Crippen MR) is 46.0 cm³/mol. The molecule has 3 nitrogen and oxygen atoms in total. The lowest BCUT2D eigenvalue weighted by atomic mass is 10.4. The van der Waals surface area contributed by atoms with Gasteiger partial charge in [-0.15, -0.1) is 0 Å². The molecule has 0 atom stereocenters. The summed E-state index contributed by atoms with van der Waals surface area (Å²) in [5, 5.41) is 4.03. The molecule has 1 rings (SSSR count). The zero-order valence-corrected chi connectivity index (χ0v) is 7.58. The Kier molecular flexibility index (Phi) is 2.59. The molecule has 0 unspecified atom stereocenters. The van der Waals surface area contributed by atoms with E-state index in [1.54, 1.807) is 10.8 Å². The number of aromatic nitrogens is 2. The number of carbonyl (C=O) groups is 1. The summed E-state index contributed by atoms with van der Waals surface area (Å²) in [5.74, 6) is 0. The van der Waals surface area contributed by atoms with Crippen molar-refractivity contribution in [2.45, 2.75) is 0 Å². The minimum absolute atomic E-state index is 0.737. The Hall–Kier alpha value is -0.900. The first-order valence-electron chi connectivity index (χ1n) is 3.05. The SMILES string of the molecule is Cn1nc(Br)cc1/C=C/C=O. The quantitative estimate of drug-likeness (QED) is 0.552. The van der Waals surface area contributed by atoms with Gasteiger partial charge in [0.15, 0.2) is 0 Å². The van der Waals surface area contributed by atoms with Crippen molar-refractivity contribution < 1.29 is 4.79 Å². The van der Waals surface area contributed by atoms with Gasteiger partial charge in [0, 0.05) is 7.05 Å². The van der Waals surface area contributed by atoms with E-state index in [2.05, 4.69) is 21.0 Å². The summed E-state index contributed by atoms with van der Waals surface area (Å²) >= 11 is 3.22. The second kappa shape index (κ2) is 3.48. The Bertz CT molecular complexity index is 291. The first kappa shape index (κ1) is 8.20. The first-order chi connectivity index (χ1) is 5.24. The number of halogens is 1. The van der Waals surface area contributed by atoms with Crippen LogP contribution in [0.2, 0.25) is 0 Å². The molecular weight excluding hydrogens is 208 g/mol. The fourth-order valence-corrected chi connectivity index (χ4v) is 1.21. The van der Waals surface area contributed by atoms with E-state index in [4.69, 9.17) is 0 Å². The number of aryl methyl sites for hydroxylation is 1. The van der Waals surface area contributed by atoms with Gasteiger partial charge in [-0.25, -0.2) is 0 Å². The third-order valence-electron chi connectivity index (χ3n) is 1.23. The molecule has 0 amide bonds. The maximum Gasteiger partial charge on any atom is 0.142 e. The zero-order chi connectivity index (χ0) is 8.27. The van der Waals surface area contributed by atoms with Crippen LogP contribution in [0.4, 0.5) is 0 Å². The van der Waals surface area contributed by atoms with Crippen molar-refractivity contribution in [1.29, 1.82) is 0 Å². The highest BCUT2D eigenvalue weighted by Gasteiger charge is 1.96. The van der Waals surface area contributed by atoms with E-state index in [0.29, 0.717) is 0 Å². The van der Waals surface area contributed by atoms with E-state index in [9.17, 15) is 4.79 Å². The van der Waals surface area contributed by atoms with Crippen LogP contribution in [-0.2, 0) is 11.8 Å². The van der Waals surface area contributed by atoms with Crippen molar-refractivity contribution in [3.63, 3.8) is 0 Å². The number of rotatable bonds is 2. The molecule has 58 valence electrons. The summed E-state index contributed by atoms with van der Waals surface area (Å²) in [6.07, 6.45) is 3.87. The summed E-state index contributed by atoms with van der Waals surface area (Å²) in [6, 6.07) is 1.83. The molecule has 1 aromatic rings. The highest BCUT2D eigenvalue weighted by atomic mass is 79.9. The normalized spacial score (nSPS) is 10.7. The molecular formula is C7H7BrN2O. The second-order valence-electron chi connectivity index (χ2n) is 2.01. The Morgan fingerprint density at radius 1 is 1.73 bits per heavy atom. The van der Waals surface area contributed by atoms with Gasteiger partial charge in [-0.2, -0.15) is 5.10 Å². The largest absolute Gasteiger partial charge is 0.299 e. The van der Waals surface area contributed by atoms with Crippen molar-refractivity contribution in [2.24, 2.45) is 7.05 Å². The number of hydrogen-bond donors (Lipinski definition) is 0. The highest BCUT2D eigenvalue weighted by molar-refractivity contribution is 9.10. The van der Waals surface area contributed by atoms with Crippen LogP contribution in [0.3, 0.4) is 0 Å². The Morgan fingerprint density at radius 2 is 2.45 bits per heavy atom. The summed E-state index contributed by atoms with van der Waals surface area (Å²) in [5.41, 5.74) is 0.893. The van der Waals surface area contributed by atoms with Gasteiger partial charge < -0.3 is 0 Å². The number of carbonyl (C=O) groups excluding carboxylic acids is 1. The molecule has 0 N–H and O–H groups in total. The van der Waals surface area contributed by atoms with Gasteiger partial charge in [0.1, 0.15) is 10.9 Å². The van der Waals surface area contributed by atoms with Gasteiger partial charge in [0.05, 0.1) is 5.69 Å². The third kappa shape index (κ3) is 2.01. The third-order valence-corrected chi connectivity index (χ3v) is 1.62. The van der Waals surface area contributed by atoms with Crippen molar-refractivity contribution in [3.8, 4) is 0 Å². The zero-order valence-electron chi connectivity index (χ0n) is 5.99. The molecule has 0 bridgehead atoms. The molecule has 1 aromatic heterocycles. The van der Waals surface area contributed by atoms with E-state index in [0.717, 1.165) is 16.6 Å². The van der Waals surface area contributed by atoms with Crippen LogP contribution in [0.25, 0.3) is 6.08 Å². The molecule has 1 heterocycles. The van der Waals surface area contributed by atoms with Gasteiger partial charge in [-0.05, 0) is 34.1 Å². The molecule has 0 saturated carbocycles. The molecule has 0 radical (unpaired) electrons. The molecule has 4 heteroatoms. The number of aldehydes is 1. The van der Waals surface area contributed by atoms with Crippen molar-refractivity contribution >= 4 is 28.3 Å². The fraction of sp³-hybridized carbons (Fsp3) is 0.143. The Morgan fingerprint density at radius 3 is 2.91 bits per heavy atom. The fourth-order valence-electron chi connectivity index (χ4n) is 0.739. The lowest BCUT2D eigenvalue weighted by Crippen LogP contribution is -1.91. The second-order valence-corrected chi connectivity index (χ2v) is 2.82. The standard InChI is InChI=1S/C7H7BrN2O/c1-10-6(3-2-4-11)5-7(8)9-10/h2-5H,1H3/b3-2+. The average Bonchev–Trinajstić information content (AvgIpc) is 2.26.